The van der Waals surface area contributed by atoms with Gasteiger partial charge in [0.25, 0.3) is 0 Å². The number of hydrogen-bond acceptors (Lipinski definition) is 4. The Kier molecular flexibility index (Phi) is 9.03. The third-order valence-corrected chi connectivity index (χ3v) is 2.76. The van der Waals surface area contributed by atoms with Crippen LogP contribution in [0.25, 0.3) is 0 Å². The van der Waals surface area contributed by atoms with E-state index in [4.69, 9.17) is 24.4 Å². The standard InChI is InChI=1S/C13H26N6S2/c1-7-14-11(20)18-16-9(2)10(3)17-19-12(21)15-8-13(4,5)6/h7-8H2,1-6H3,(H2,14,18,20)(H2,15,19,21)/b16-9+,17-10+. The molecule has 4 N–H and O–H groups in total. The summed E-state index contributed by atoms with van der Waals surface area (Å²) in [4.78, 5) is 0. The number of nitrogens with zero attached hydrogens (tertiary/aromatic N) is 2. The van der Waals surface area contributed by atoms with Crippen molar-refractivity contribution in [3.8, 4) is 0 Å². The molecule has 6 nitrogen and oxygen atoms in total. The van der Waals surface area contributed by atoms with Gasteiger partial charge in [0.05, 0.1) is 11.4 Å². The highest BCUT2D eigenvalue weighted by molar-refractivity contribution is 7.80. The van der Waals surface area contributed by atoms with Crippen LogP contribution in [0.3, 0.4) is 0 Å². The molecule has 0 bridgehead atoms. The molecule has 0 unspecified atom stereocenters. The Morgan fingerprint density at radius 1 is 0.905 bits per heavy atom. The van der Waals surface area contributed by atoms with Crippen molar-refractivity contribution in [3.05, 3.63) is 0 Å². The maximum absolute atomic E-state index is 5.15. The summed E-state index contributed by atoms with van der Waals surface area (Å²) in [5, 5.41) is 15.3. The van der Waals surface area contributed by atoms with Crippen LogP contribution in [-0.2, 0) is 0 Å². The average Bonchev–Trinajstić information content (AvgIpc) is 2.39. The Morgan fingerprint density at radius 2 is 1.33 bits per heavy atom. The van der Waals surface area contributed by atoms with Gasteiger partial charge >= 0.3 is 0 Å². The van der Waals surface area contributed by atoms with Crippen LogP contribution >= 0.6 is 24.4 Å². The zero-order valence-corrected chi connectivity index (χ0v) is 15.3. The molecule has 0 saturated carbocycles. The van der Waals surface area contributed by atoms with Crippen LogP contribution in [0.2, 0.25) is 0 Å². The maximum Gasteiger partial charge on any atom is 0.186 e. The van der Waals surface area contributed by atoms with Gasteiger partial charge in [-0.05, 0) is 50.6 Å². The molecule has 0 heterocycles. The summed E-state index contributed by atoms with van der Waals surface area (Å²) in [7, 11) is 0. The van der Waals surface area contributed by atoms with Crippen LogP contribution in [-0.4, -0.2) is 34.7 Å². The van der Waals surface area contributed by atoms with Gasteiger partial charge in [0.2, 0.25) is 0 Å². The van der Waals surface area contributed by atoms with Crippen LogP contribution in [0.15, 0.2) is 10.2 Å². The maximum atomic E-state index is 5.15. The van der Waals surface area contributed by atoms with Gasteiger partial charge in [-0.3, -0.25) is 10.9 Å². The molecule has 0 aliphatic rings. The fraction of sp³-hybridized carbons (Fsp3) is 0.692. The van der Waals surface area contributed by atoms with Gasteiger partial charge in [-0.25, -0.2) is 0 Å². The average molecular weight is 331 g/mol. The number of thiocarbonyl (C=S) groups is 2. The molecular formula is C13H26N6S2. The first-order valence-electron chi connectivity index (χ1n) is 6.82. The molecule has 8 heteroatoms. The molecule has 120 valence electrons. The summed E-state index contributed by atoms with van der Waals surface area (Å²) < 4.78 is 0. The Hall–Kier alpha value is -1.28. The second-order valence-corrected chi connectivity index (χ2v) is 6.54. The smallest absolute Gasteiger partial charge is 0.186 e. The van der Waals surface area contributed by atoms with Gasteiger partial charge in [-0.1, -0.05) is 20.8 Å². The fourth-order valence-electron chi connectivity index (χ4n) is 1.02. The molecule has 0 saturated heterocycles. The van der Waals surface area contributed by atoms with Crippen LogP contribution in [0.4, 0.5) is 0 Å². The van der Waals surface area contributed by atoms with Gasteiger partial charge in [0, 0.05) is 13.1 Å². The van der Waals surface area contributed by atoms with E-state index in [9.17, 15) is 0 Å². The van der Waals surface area contributed by atoms with E-state index in [0.717, 1.165) is 24.5 Å². The fourth-order valence-corrected chi connectivity index (χ4v) is 1.32. The summed E-state index contributed by atoms with van der Waals surface area (Å²) >= 11 is 10.2. The van der Waals surface area contributed by atoms with E-state index < -0.39 is 0 Å². The lowest BCUT2D eigenvalue weighted by Gasteiger charge is -2.19. The van der Waals surface area contributed by atoms with E-state index in [2.05, 4.69) is 52.5 Å². The van der Waals surface area contributed by atoms with E-state index in [0.29, 0.717) is 10.2 Å². The molecule has 0 radical (unpaired) electrons. The molecule has 0 aromatic heterocycles. The van der Waals surface area contributed by atoms with E-state index in [1.54, 1.807) is 0 Å². The van der Waals surface area contributed by atoms with Gasteiger partial charge in [-0.15, -0.1) is 0 Å². The van der Waals surface area contributed by atoms with E-state index in [1.807, 2.05) is 20.8 Å². The van der Waals surface area contributed by atoms with Crippen molar-refractivity contribution in [1.29, 1.82) is 0 Å². The minimum Gasteiger partial charge on any atom is -0.362 e. The van der Waals surface area contributed by atoms with Crippen molar-refractivity contribution in [3.63, 3.8) is 0 Å². The highest BCUT2D eigenvalue weighted by Crippen LogP contribution is 2.09. The Morgan fingerprint density at radius 3 is 1.71 bits per heavy atom. The Balaban J connectivity index is 4.30. The largest absolute Gasteiger partial charge is 0.362 e. The van der Waals surface area contributed by atoms with Crippen molar-refractivity contribution < 1.29 is 0 Å². The van der Waals surface area contributed by atoms with Crippen molar-refractivity contribution in [2.75, 3.05) is 13.1 Å². The zero-order chi connectivity index (χ0) is 16.5. The molecule has 0 rings (SSSR count). The molecule has 0 aromatic rings. The number of nitrogens with one attached hydrogen (secondary N) is 4. The molecule has 0 fully saturated rings. The molecule has 0 aliphatic heterocycles. The minimum atomic E-state index is 0.160. The lowest BCUT2D eigenvalue weighted by Crippen LogP contribution is -2.38. The lowest BCUT2D eigenvalue weighted by atomic mass is 9.97. The van der Waals surface area contributed by atoms with Gasteiger partial charge in [-0.2, -0.15) is 10.2 Å². The summed E-state index contributed by atoms with van der Waals surface area (Å²) in [6.45, 7) is 13.6. The first-order valence-corrected chi connectivity index (χ1v) is 7.64. The quantitative estimate of drug-likeness (QED) is 0.350. The molecule has 0 atom stereocenters. The molecule has 0 aliphatic carbocycles. The van der Waals surface area contributed by atoms with E-state index >= 15 is 0 Å². The number of hydrogen-bond donors (Lipinski definition) is 4. The monoisotopic (exact) mass is 330 g/mol. The molecular weight excluding hydrogens is 304 g/mol. The summed E-state index contributed by atoms with van der Waals surface area (Å²) in [6.07, 6.45) is 0. The third-order valence-electron chi connectivity index (χ3n) is 2.29. The van der Waals surface area contributed by atoms with Crippen molar-refractivity contribution >= 4 is 46.1 Å². The lowest BCUT2D eigenvalue weighted by molar-refractivity contribution is 0.408. The van der Waals surface area contributed by atoms with Crippen LogP contribution in [0, 0.1) is 5.41 Å². The summed E-state index contributed by atoms with van der Waals surface area (Å²) in [5.74, 6) is 0. The summed E-state index contributed by atoms with van der Waals surface area (Å²) in [6, 6.07) is 0. The minimum absolute atomic E-state index is 0.160. The second kappa shape index (κ2) is 9.62. The van der Waals surface area contributed by atoms with Crippen molar-refractivity contribution in [2.45, 2.75) is 41.5 Å². The normalized spacial score (nSPS) is 12.7. The second-order valence-electron chi connectivity index (χ2n) is 5.72. The number of hydrazone groups is 2. The molecule has 0 spiro atoms. The topological polar surface area (TPSA) is 72.8 Å². The first kappa shape index (κ1) is 19.7. The predicted molar refractivity (Wildman–Crippen MR) is 98.8 cm³/mol. The number of rotatable bonds is 5. The van der Waals surface area contributed by atoms with Crippen molar-refractivity contribution in [2.24, 2.45) is 15.6 Å². The highest BCUT2D eigenvalue weighted by atomic mass is 32.1. The molecule has 0 amide bonds. The zero-order valence-electron chi connectivity index (χ0n) is 13.6. The van der Waals surface area contributed by atoms with Crippen LogP contribution in [0.1, 0.15) is 41.5 Å². The Bertz CT molecular complexity index is 423. The predicted octanol–water partition coefficient (Wildman–Crippen LogP) is 1.73. The highest BCUT2D eigenvalue weighted by Gasteiger charge is 2.09. The van der Waals surface area contributed by atoms with Crippen LogP contribution in [0.5, 0.6) is 0 Å². The molecule has 0 aromatic carbocycles. The van der Waals surface area contributed by atoms with E-state index in [-0.39, 0.29) is 5.41 Å². The van der Waals surface area contributed by atoms with E-state index in [1.165, 1.54) is 0 Å². The third kappa shape index (κ3) is 11.1. The van der Waals surface area contributed by atoms with Gasteiger partial charge in [0.15, 0.2) is 10.2 Å². The molecule has 21 heavy (non-hydrogen) atoms. The first-order chi connectivity index (χ1) is 9.65. The van der Waals surface area contributed by atoms with Crippen LogP contribution < -0.4 is 21.5 Å². The van der Waals surface area contributed by atoms with Gasteiger partial charge < -0.3 is 10.6 Å². The van der Waals surface area contributed by atoms with Gasteiger partial charge in [0.1, 0.15) is 0 Å². The summed E-state index contributed by atoms with van der Waals surface area (Å²) in [5.41, 5.74) is 7.16. The SMILES string of the molecule is CCNC(=S)N/N=C(C)/C(C)=N/NC(=S)NCC(C)(C)C. The Labute approximate surface area is 138 Å². The van der Waals surface area contributed by atoms with Crippen molar-refractivity contribution in [1.82, 2.24) is 21.5 Å².